The predicted molar refractivity (Wildman–Crippen MR) is 327 cm³/mol. The van der Waals surface area contributed by atoms with Crippen molar-refractivity contribution in [2.24, 2.45) is 0 Å². The van der Waals surface area contributed by atoms with Crippen molar-refractivity contribution >= 4 is 67.9 Å². The maximum Gasteiger partial charge on any atom is 0.260 e. The number of benzene rings is 8. The molecule has 8 aromatic carbocycles. The van der Waals surface area contributed by atoms with E-state index in [0.29, 0.717) is 0 Å². The third-order valence-electron chi connectivity index (χ3n) is 16.3. The second-order valence-corrected chi connectivity index (χ2v) is 26.8. The predicted octanol–water partition coefficient (Wildman–Crippen LogP) is 18.0. The number of anilines is 6. The molecule has 0 fully saturated rings. The summed E-state index contributed by atoms with van der Waals surface area (Å²) >= 11 is 1.98. The van der Waals surface area contributed by atoms with Crippen molar-refractivity contribution in [2.75, 3.05) is 9.80 Å². The molecule has 0 bridgehead atoms. The van der Waals surface area contributed by atoms with Crippen LogP contribution >= 0.6 is 11.3 Å². The molecule has 2 aliphatic rings. The first-order chi connectivity index (χ1) is 35.5. The van der Waals surface area contributed by atoms with E-state index in [9.17, 15) is 0 Å². The number of fused-ring (bicyclic) bond motifs is 4. The number of hydrogen-bond acceptors (Lipinski definition) is 3. The summed E-state index contributed by atoms with van der Waals surface area (Å²) in [6, 6.07) is 72.4. The van der Waals surface area contributed by atoms with Crippen molar-refractivity contribution in [1.82, 2.24) is 0 Å². The second kappa shape index (κ2) is 18.2. The zero-order valence-electron chi connectivity index (χ0n) is 46.8. The Kier molecular flexibility index (Phi) is 12.2. The van der Waals surface area contributed by atoms with Crippen LogP contribution < -0.4 is 25.5 Å². The monoisotopic (exact) mass is 997 g/mol. The van der Waals surface area contributed by atoms with Crippen molar-refractivity contribution in [3.63, 3.8) is 0 Å². The van der Waals surface area contributed by atoms with Gasteiger partial charge in [0.2, 0.25) is 0 Å². The molecule has 0 saturated carbocycles. The van der Waals surface area contributed by atoms with Gasteiger partial charge in [0.15, 0.2) is 0 Å². The van der Waals surface area contributed by atoms with Gasteiger partial charge in [-0.3, -0.25) is 0 Å². The Morgan fingerprint density at radius 2 is 0.920 bits per heavy atom. The number of hydrogen-bond donors (Lipinski definition) is 0. The third-order valence-corrected chi connectivity index (χ3v) is 17.6. The maximum atomic E-state index is 2.64. The first-order valence-corrected chi connectivity index (χ1v) is 27.9. The van der Waals surface area contributed by atoms with Gasteiger partial charge in [-0.25, -0.2) is 0 Å². The normalized spacial score (nSPS) is 15.3. The molecule has 0 aliphatic carbocycles. The molecular formula is C71H73BN2S. The van der Waals surface area contributed by atoms with Crippen molar-refractivity contribution < 1.29 is 0 Å². The molecule has 376 valence electrons. The molecule has 2 nitrogen and oxygen atoms in total. The van der Waals surface area contributed by atoms with Crippen molar-refractivity contribution in [3.05, 3.63) is 233 Å². The van der Waals surface area contributed by atoms with Crippen molar-refractivity contribution in [2.45, 2.75) is 124 Å². The molecule has 4 heteroatoms. The Morgan fingerprint density at radius 1 is 0.467 bits per heavy atom. The van der Waals surface area contributed by atoms with Crippen LogP contribution in [0, 0.1) is 6.92 Å². The van der Waals surface area contributed by atoms with Crippen LogP contribution in [0.3, 0.4) is 0 Å². The standard InChI is InChI=1S/C71H73BN2S/c1-46-43-59-63-61(44-46)74(56-39-33-52(34-40-56)70(11,12)13)64-62(47-21-17-15-18-22-47)65(48-23-19-16-20-24-48)75-66(64)72(63)60-42-41-57(45-58(60)71(59,14)53-27-25-49(26-28-53)67(2,3)4)73(54-35-29-50(30-36-54)68(5,6)7)55-37-31-51(32-38-55)69(8,9)10/h15-45H,1-14H3. The lowest BCUT2D eigenvalue weighted by molar-refractivity contribution is 0.588. The average molecular weight is 997 g/mol. The first-order valence-electron chi connectivity index (χ1n) is 27.1. The summed E-state index contributed by atoms with van der Waals surface area (Å²) in [6.07, 6.45) is 0. The fourth-order valence-corrected chi connectivity index (χ4v) is 13.4. The smallest absolute Gasteiger partial charge is 0.260 e. The minimum Gasteiger partial charge on any atom is -0.310 e. The van der Waals surface area contributed by atoms with E-state index in [1.807, 2.05) is 11.3 Å². The average Bonchev–Trinajstić information content (AvgIpc) is 3.78. The minimum absolute atomic E-state index is 0.0157. The molecular weight excluding hydrogens is 924 g/mol. The van der Waals surface area contributed by atoms with Crippen LogP contribution in [0.4, 0.5) is 34.1 Å². The summed E-state index contributed by atoms with van der Waals surface area (Å²) in [5.41, 5.74) is 23.7. The molecule has 75 heavy (non-hydrogen) atoms. The highest BCUT2D eigenvalue weighted by Gasteiger charge is 2.51. The van der Waals surface area contributed by atoms with E-state index in [0.717, 1.165) is 17.1 Å². The van der Waals surface area contributed by atoms with Crippen LogP contribution in [0.1, 0.15) is 135 Å². The van der Waals surface area contributed by atoms with E-state index >= 15 is 0 Å². The Bertz CT molecular complexity index is 3500. The molecule has 1 atom stereocenters. The van der Waals surface area contributed by atoms with E-state index in [4.69, 9.17) is 0 Å². The van der Waals surface area contributed by atoms with Gasteiger partial charge in [-0.15, -0.1) is 11.3 Å². The van der Waals surface area contributed by atoms with Gasteiger partial charge in [0.05, 0.1) is 5.69 Å². The molecule has 0 N–H and O–H groups in total. The van der Waals surface area contributed by atoms with Crippen molar-refractivity contribution in [1.29, 1.82) is 0 Å². The lowest BCUT2D eigenvalue weighted by atomic mass is 9.32. The van der Waals surface area contributed by atoms with E-state index in [2.05, 4.69) is 295 Å². The Hall–Kier alpha value is -6.88. The van der Waals surface area contributed by atoms with Crippen LogP contribution in [-0.2, 0) is 27.1 Å². The Balaban J connectivity index is 1.24. The van der Waals surface area contributed by atoms with Crippen molar-refractivity contribution in [3.8, 4) is 21.6 Å². The lowest BCUT2D eigenvalue weighted by Gasteiger charge is -2.47. The van der Waals surface area contributed by atoms with Gasteiger partial charge in [-0.1, -0.05) is 222 Å². The molecule has 1 aromatic heterocycles. The van der Waals surface area contributed by atoms with Gasteiger partial charge in [-0.2, -0.15) is 0 Å². The highest BCUT2D eigenvalue weighted by atomic mass is 32.1. The molecule has 1 unspecified atom stereocenters. The van der Waals surface area contributed by atoms with Gasteiger partial charge in [-0.05, 0) is 151 Å². The molecule has 0 amide bonds. The van der Waals surface area contributed by atoms with Gasteiger partial charge < -0.3 is 9.80 Å². The molecule has 2 aliphatic heterocycles. The highest BCUT2D eigenvalue weighted by molar-refractivity contribution is 7.31. The molecule has 11 rings (SSSR count). The minimum atomic E-state index is -0.534. The van der Waals surface area contributed by atoms with Crippen LogP contribution in [0.5, 0.6) is 0 Å². The molecule has 0 radical (unpaired) electrons. The summed E-state index contributed by atoms with van der Waals surface area (Å²) in [5, 5.41) is 0. The molecule has 0 spiro atoms. The fourth-order valence-electron chi connectivity index (χ4n) is 11.9. The summed E-state index contributed by atoms with van der Waals surface area (Å²) in [4.78, 5) is 6.42. The zero-order valence-corrected chi connectivity index (χ0v) is 47.6. The number of aryl methyl sites for hydroxylation is 1. The number of rotatable bonds is 7. The fraction of sp³-hybridized carbons (Fsp3) is 0.268. The van der Waals surface area contributed by atoms with Gasteiger partial charge in [0.1, 0.15) is 0 Å². The van der Waals surface area contributed by atoms with Crippen LogP contribution in [-0.4, -0.2) is 6.71 Å². The third kappa shape index (κ3) is 8.77. The summed E-state index contributed by atoms with van der Waals surface area (Å²) in [6.45, 7) is 32.5. The van der Waals surface area contributed by atoms with Gasteiger partial charge in [0, 0.05) is 49.1 Å². The summed E-state index contributed by atoms with van der Waals surface area (Å²) < 4.78 is 1.37. The Labute approximate surface area is 453 Å². The summed E-state index contributed by atoms with van der Waals surface area (Å²) in [7, 11) is 0. The number of thiophene rings is 1. The zero-order chi connectivity index (χ0) is 53.0. The molecule has 0 saturated heterocycles. The SMILES string of the molecule is Cc1cc2c3c(c1)C(C)(c1ccc(C(C)(C)C)cc1)c1cc(N(c4ccc(C(C)(C)C)cc4)c4ccc(C(C)(C)C)cc4)ccc1B3c1sc(-c3ccccc3)c(-c3ccccc3)c1N2c1ccc(C(C)(C)C)cc1. The van der Waals surface area contributed by atoms with Gasteiger partial charge in [0.25, 0.3) is 6.71 Å². The number of nitrogens with zero attached hydrogens (tertiary/aromatic N) is 2. The van der Waals surface area contributed by atoms with Crippen LogP contribution in [0.2, 0.25) is 0 Å². The van der Waals surface area contributed by atoms with E-state index in [-0.39, 0.29) is 28.4 Å². The van der Waals surface area contributed by atoms with Crippen LogP contribution in [0.15, 0.2) is 188 Å². The van der Waals surface area contributed by atoms with E-state index < -0.39 is 5.41 Å². The van der Waals surface area contributed by atoms with Crippen LogP contribution in [0.25, 0.3) is 21.6 Å². The molecule has 3 heterocycles. The highest BCUT2D eigenvalue weighted by Crippen LogP contribution is 2.53. The topological polar surface area (TPSA) is 6.48 Å². The lowest BCUT2D eigenvalue weighted by Crippen LogP contribution is -2.64. The van der Waals surface area contributed by atoms with E-state index in [1.54, 1.807) is 0 Å². The maximum absolute atomic E-state index is 2.64. The second-order valence-electron chi connectivity index (χ2n) is 25.7. The Morgan fingerprint density at radius 3 is 1.41 bits per heavy atom. The summed E-state index contributed by atoms with van der Waals surface area (Å²) in [5.74, 6) is 0. The van der Waals surface area contributed by atoms with Gasteiger partial charge >= 0.3 is 0 Å². The first kappa shape index (κ1) is 50.3. The quantitative estimate of drug-likeness (QED) is 0.147. The van der Waals surface area contributed by atoms with E-state index in [1.165, 1.54) is 98.8 Å². The largest absolute Gasteiger partial charge is 0.310 e. The molecule has 9 aromatic rings.